The highest BCUT2D eigenvalue weighted by molar-refractivity contribution is 4.78. The van der Waals surface area contributed by atoms with Crippen LogP contribution < -0.4 is 11.1 Å². The first-order valence-corrected chi connectivity index (χ1v) is 5.62. The molecule has 0 heterocycles. The second-order valence-electron chi connectivity index (χ2n) is 6.35. The van der Waals surface area contributed by atoms with Gasteiger partial charge in [0.05, 0.1) is 0 Å². The average Bonchev–Trinajstić information content (AvgIpc) is 1.78. The first kappa shape index (κ1) is 13.9. The third kappa shape index (κ3) is 8.52. The first-order chi connectivity index (χ1) is 6.12. The maximum absolute atomic E-state index is 5.90. The lowest BCUT2D eigenvalue weighted by Gasteiger charge is -2.29. The Morgan fingerprint density at radius 2 is 1.57 bits per heavy atom. The Kier molecular flexibility index (Phi) is 5.10. The van der Waals surface area contributed by atoms with E-state index in [0.29, 0.717) is 5.41 Å². The number of hydrogen-bond acceptors (Lipinski definition) is 2. The number of nitrogens with two attached hydrogens (primary N) is 1. The fraction of sp³-hybridized carbons (Fsp3) is 1.00. The summed E-state index contributed by atoms with van der Waals surface area (Å²) in [6.07, 6.45) is 1.25. The Labute approximate surface area is 89.6 Å². The highest BCUT2D eigenvalue weighted by Gasteiger charge is 2.20. The van der Waals surface area contributed by atoms with Crippen molar-refractivity contribution in [3.05, 3.63) is 0 Å². The molecule has 0 atom stereocenters. The van der Waals surface area contributed by atoms with Crippen LogP contribution in [0.1, 0.15) is 48.0 Å². The largest absolute Gasteiger partial charge is 0.324 e. The lowest BCUT2D eigenvalue weighted by Crippen LogP contribution is -2.45. The lowest BCUT2D eigenvalue weighted by molar-refractivity contribution is 0.266. The molecule has 2 heteroatoms. The van der Waals surface area contributed by atoms with E-state index >= 15 is 0 Å². The molecule has 0 aromatic rings. The van der Waals surface area contributed by atoms with Crippen LogP contribution in [0.15, 0.2) is 0 Å². The zero-order valence-corrected chi connectivity index (χ0v) is 10.8. The van der Waals surface area contributed by atoms with Gasteiger partial charge in [0.15, 0.2) is 0 Å². The van der Waals surface area contributed by atoms with Gasteiger partial charge >= 0.3 is 0 Å². The molecule has 0 bridgehead atoms. The summed E-state index contributed by atoms with van der Waals surface area (Å²) in [7, 11) is 0. The molecule has 0 unspecified atom stereocenters. The molecule has 86 valence electrons. The Balaban J connectivity index is 3.76. The van der Waals surface area contributed by atoms with E-state index in [2.05, 4.69) is 46.9 Å². The van der Waals surface area contributed by atoms with Crippen molar-refractivity contribution in [1.82, 2.24) is 5.32 Å². The van der Waals surface area contributed by atoms with Crippen LogP contribution >= 0.6 is 0 Å². The van der Waals surface area contributed by atoms with Crippen LogP contribution in [-0.2, 0) is 0 Å². The van der Waals surface area contributed by atoms with Gasteiger partial charge in [-0.3, -0.25) is 0 Å². The third-order valence-corrected chi connectivity index (χ3v) is 2.15. The normalized spacial score (nSPS) is 13.7. The monoisotopic (exact) mass is 200 g/mol. The van der Waals surface area contributed by atoms with Gasteiger partial charge < -0.3 is 11.1 Å². The van der Waals surface area contributed by atoms with Gasteiger partial charge in [0, 0.05) is 18.6 Å². The Bertz CT molecular complexity index is 154. The first-order valence-electron chi connectivity index (χ1n) is 5.62. The molecule has 0 saturated carbocycles. The summed E-state index contributed by atoms with van der Waals surface area (Å²) >= 11 is 0. The van der Waals surface area contributed by atoms with E-state index in [9.17, 15) is 0 Å². The molecule has 0 aliphatic carbocycles. The summed E-state index contributed by atoms with van der Waals surface area (Å²) < 4.78 is 0. The van der Waals surface area contributed by atoms with Gasteiger partial charge in [0.2, 0.25) is 0 Å². The summed E-state index contributed by atoms with van der Waals surface area (Å²) in [6.45, 7) is 15.2. The summed E-state index contributed by atoms with van der Waals surface area (Å²) in [5.74, 6) is 0.762. The SMILES string of the molecule is CC(C)CC(C)(C)CNCC(C)(C)N. The molecule has 0 rings (SSSR count). The quantitative estimate of drug-likeness (QED) is 0.691. The van der Waals surface area contributed by atoms with Crippen LogP contribution in [0.25, 0.3) is 0 Å². The van der Waals surface area contributed by atoms with Gasteiger partial charge in [-0.2, -0.15) is 0 Å². The van der Waals surface area contributed by atoms with Crippen molar-refractivity contribution in [3.63, 3.8) is 0 Å². The molecule has 3 N–H and O–H groups in total. The van der Waals surface area contributed by atoms with Gasteiger partial charge in [-0.25, -0.2) is 0 Å². The van der Waals surface area contributed by atoms with Gasteiger partial charge in [-0.1, -0.05) is 27.7 Å². The molecule has 0 aliphatic heterocycles. The molecule has 0 amide bonds. The highest BCUT2D eigenvalue weighted by Crippen LogP contribution is 2.24. The van der Waals surface area contributed by atoms with Crippen LogP contribution in [0.3, 0.4) is 0 Å². The summed E-state index contributed by atoms with van der Waals surface area (Å²) in [6, 6.07) is 0. The van der Waals surface area contributed by atoms with Crippen LogP contribution in [0, 0.1) is 11.3 Å². The Morgan fingerprint density at radius 1 is 1.07 bits per heavy atom. The molecule has 0 saturated heterocycles. The summed E-state index contributed by atoms with van der Waals surface area (Å²) in [4.78, 5) is 0. The van der Waals surface area contributed by atoms with Crippen molar-refractivity contribution in [2.24, 2.45) is 17.1 Å². The van der Waals surface area contributed by atoms with E-state index < -0.39 is 0 Å². The molecule has 2 nitrogen and oxygen atoms in total. The van der Waals surface area contributed by atoms with Crippen molar-refractivity contribution >= 4 is 0 Å². The second-order valence-corrected chi connectivity index (χ2v) is 6.35. The predicted octanol–water partition coefficient (Wildman–Crippen LogP) is 2.39. The van der Waals surface area contributed by atoms with E-state index in [0.717, 1.165) is 19.0 Å². The van der Waals surface area contributed by atoms with Gasteiger partial charge in [0.1, 0.15) is 0 Å². The maximum Gasteiger partial charge on any atom is 0.0223 e. The Morgan fingerprint density at radius 3 is 1.93 bits per heavy atom. The summed E-state index contributed by atoms with van der Waals surface area (Å²) in [5.41, 5.74) is 6.17. The number of hydrogen-bond donors (Lipinski definition) is 2. The summed E-state index contributed by atoms with van der Waals surface area (Å²) in [5, 5.41) is 3.45. The molecule has 0 aliphatic rings. The molecule has 0 spiro atoms. The van der Waals surface area contributed by atoms with Crippen LogP contribution in [0.4, 0.5) is 0 Å². The molecule has 14 heavy (non-hydrogen) atoms. The molecule has 0 fully saturated rings. The Hall–Kier alpha value is -0.0800. The minimum absolute atomic E-state index is 0.103. The lowest BCUT2D eigenvalue weighted by atomic mass is 9.84. The molecule has 0 radical (unpaired) electrons. The predicted molar refractivity (Wildman–Crippen MR) is 64.4 cm³/mol. The maximum atomic E-state index is 5.90. The zero-order valence-electron chi connectivity index (χ0n) is 10.8. The van der Waals surface area contributed by atoms with Gasteiger partial charge in [-0.05, 0) is 31.6 Å². The molecule has 0 aromatic carbocycles. The number of nitrogens with one attached hydrogen (secondary N) is 1. The minimum atomic E-state index is -0.103. The fourth-order valence-electron chi connectivity index (χ4n) is 1.90. The van der Waals surface area contributed by atoms with E-state index in [4.69, 9.17) is 5.73 Å². The van der Waals surface area contributed by atoms with Gasteiger partial charge in [0.25, 0.3) is 0 Å². The van der Waals surface area contributed by atoms with Crippen molar-refractivity contribution in [2.75, 3.05) is 13.1 Å². The van der Waals surface area contributed by atoms with Crippen LogP contribution in [-0.4, -0.2) is 18.6 Å². The standard InChI is InChI=1S/C12H28N2/c1-10(2)7-11(3,4)8-14-9-12(5,6)13/h10,14H,7-9,13H2,1-6H3. The van der Waals surface area contributed by atoms with E-state index in [1.807, 2.05) is 0 Å². The highest BCUT2D eigenvalue weighted by atomic mass is 14.9. The fourth-order valence-corrected chi connectivity index (χ4v) is 1.90. The third-order valence-electron chi connectivity index (χ3n) is 2.15. The molecular formula is C12H28N2. The van der Waals surface area contributed by atoms with Crippen molar-refractivity contribution < 1.29 is 0 Å². The van der Waals surface area contributed by atoms with Crippen molar-refractivity contribution in [2.45, 2.75) is 53.5 Å². The molecular weight excluding hydrogens is 172 g/mol. The van der Waals surface area contributed by atoms with E-state index in [1.165, 1.54) is 6.42 Å². The average molecular weight is 200 g/mol. The van der Waals surface area contributed by atoms with Crippen molar-refractivity contribution in [1.29, 1.82) is 0 Å². The molecule has 0 aromatic heterocycles. The zero-order chi connectivity index (χ0) is 11.4. The number of rotatable bonds is 6. The van der Waals surface area contributed by atoms with Crippen LogP contribution in [0.2, 0.25) is 0 Å². The van der Waals surface area contributed by atoms with Crippen molar-refractivity contribution in [3.8, 4) is 0 Å². The second kappa shape index (κ2) is 5.13. The van der Waals surface area contributed by atoms with E-state index in [-0.39, 0.29) is 5.54 Å². The topological polar surface area (TPSA) is 38.0 Å². The smallest absolute Gasteiger partial charge is 0.0223 e. The minimum Gasteiger partial charge on any atom is -0.324 e. The van der Waals surface area contributed by atoms with Gasteiger partial charge in [-0.15, -0.1) is 0 Å². The van der Waals surface area contributed by atoms with Crippen LogP contribution in [0.5, 0.6) is 0 Å². The van der Waals surface area contributed by atoms with E-state index in [1.54, 1.807) is 0 Å².